The van der Waals surface area contributed by atoms with Crippen molar-refractivity contribution < 1.29 is 4.79 Å². The molecule has 4 nitrogen and oxygen atoms in total. The zero-order chi connectivity index (χ0) is 9.52. The standard InChI is InChI=1S/C9H15N3O/c10-5-7-11-6-1-2-9(13)12-8-3-4-8/h8,11H,1-4,6-7H2,(H,12,13). The first-order chi connectivity index (χ1) is 6.33. The van der Waals surface area contributed by atoms with Crippen LogP contribution in [-0.2, 0) is 4.79 Å². The summed E-state index contributed by atoms with van der Waals surface area (Å²) >= 11 is 0. The van der Waals surface area contributed by atoms with Crippen molar-refractivity contribution in [3.8, 4) is 6.07 Å². The third-order valence-electron chi connectivity index (χ3n) is 1.90. The van der Waals surface area contributed by atoms with E-state index in [4.69, 9.17) is 5.26 Å². The quantitative estimate of drug-likeness (QED) is 0.453. The average molecular weight is 181 g/mol. The van der Waals surface area contributed by atoms with E-state index >= 15 is 0 Å². The van der Waals surface area contributed by atoms with Crippen LogP contribution in [0.25, 0.3) is 0 Å². The minimum Gasteiger partial charge on any atom is -0.353 e. The highest BCUT2D eigenvalue weighted by molar-refractivity contribution is 5.76. The number of carbonyl (C=O) groups excluding carboxylic acids is 1. The van der Waals surface area contributed by atoms with Crippen LogP contribution in [-0.4, -0.2) is 25.0 Å². The van der Waals surface area contributed by atoms with Crippen LogP contribution in [0.5, 0.6) is 0 Å². The molecule has 0 aromatic carbocycles. The van der Waals surface area contributed by atoms with E-state index in [1.807, 2.05) is 6.07 Å². The van der Waals surface area contributed by atoms with Crippen molar-refractivity contribution in [2.75, 3.05) is 13.1 Å². The zero-order valence-corrected chi connectivity index (χ0v) is 7.68. The molecule has 0 aromatic rings. The largest absolute Gasteiger partial charge is 0.353 e. The lowest BCUT2D eigenvalue weighted by Crippen LogP contribution is -2.26. The molecule has 1 aliphatic rings. The van der Waals surface area contributed by atoms with Gasteiger partial charge < -0.3 is 10.6 Å². The molecule has 0 aliphatic heterocycles. The molecule has 1 rings (SSSR count). The van der Waals surface area contributed by atoms with Crippen LogP contribution in [0.3, 0.4) is 0 Å². The van der Waals surface area contributed by atoms with E-state index in [0.717, 1.165) is 25.8 Å². The van der Waals surface area contributed by atoms with Gasteiger partial charge in [0.25, 0.3) is 0 Å². The molecule has 0 unspecified atom stereocenters. The molecule has 1 aliphatic carbocycles. The smallest absolute Gasteiger partial charge is 0.220 e. The molecule has 0 atom stereocenters. The Morgan fingerprint density at radius 2 is 2.31 bits per heavy atom. The second-order valence-electron chi connectivity index (χ2n) is 3.28. The predicted molar refractivity (Wildman–Crippen MR) is 48.9 cm³/mol. The Morgan fingerprint density at radius 3 is 2.92 bits per heavy atom. The second-order valence-corrected chi connectivity index (χ2v) is 3.28. The normalized spacial score (nSPS) is 15.0. The Balaban J connectivity index is 1.86. The van der Waals surface area contributed by atoms with Gasteiger partial charge in [-0.15, -0.1) is 0 Å². The summed E-state index contributed by atoms with van der Waals surface area (Å²) in [4.78, 5) is 11.1. The molecule has 0 heterocycles. The highest BCUT2D eigenvalue weighted by Gasteiger charge is 2.22. The maximum Gasteiger partial charge on any atom is 0.220 e. The van der Waals surface area contributed by atoms with Crippen molar-refractivity contribution >= 4 is 5.91 Å². The SMILES string of the molecule is N#CCNCCCC(=O)NC1CC1. The van der Waals surface area contributed by atoms with Crippen LogP contribution < -0.4 is 10.6 Å². The summed E-state index contributed by atoms with van der Waals surface area (Å²) in [5.41, 5.74) is 0. The van der Waals surface area contributed by atoms with Crippen LogP contribution in [0, 0.1) is 11.3 Å². The first-order valence-corrected chi connectivity index (χ1v) is 4.70. The predicted octanol–water partition coefficient (Wildman–Crippen LogP) is 0.158. The van der Waals surface area contributed by atoms with Gasteiger partial charge >= 0.3 is 0 Å². The molecule has 0 saturated heterocycles. The molecule has 1 saturated carbocycles. The van der Waals surface area contributed by atoms with E-state index in [1.165, 1.54) is 0 Å². The minimum atomic E-state index is 0.140. The first-order valence-electron chi connectivity index (χ1n) is 4.70. The fraction of sp³-hybridized carbons (Fsp3) is 0.778. The van der Waals surface area contributed by atoms with Crippen LogP contribution in [0.15, 0.2) is 0 Å². The van der Waals surface area contributed by atoms with Gasteiger partial charge in [-0.1, -0.05) is 0 Å². The van der Waals surface area contributed by atoms with Gasteiger partial charge in [-0.25, -0.2) is 0 Å². The first kappa shape index (κ1) is 10.0. The number of nitriles is 1. The molecular weight excluding hydrogens is 166 g/mol. The monoisotopic (exact) mass is 181 g/mol. The van der Waals surface area contributed by atoms with Gasteiger partial charge in [0.1, 0.15) is 0 Å². The van der Waals surface area contributed by atoms with E-state index in [1.54, 1.807) is 0 Å². The fourth-order valence-electron chi connectivity index (χ4n) is 1.05. The lowest BCUT2D eigenvalue weighted by molar-refractivity contribution is -0.121. The van der Waals surface area contributed by atoms with E-state index in [0.29, 0.717) is 19.0 Å². The summed E-state index contributed by atoms with van der Waals surface area (Å²) in [6.45, 7) is 1.11. The molecule has 1 amide bonds. The van der Waals surface area contributed by atoms with Crippen molar-refractivity contribution in [3.63, 3.8) is 0 Å². The Bertz CT molecular complexity index is 205. The summed E-state index contributed by atoms with van der Waals surface area (Å²) < 4.78 is 0. The van der Waals surface area contributed by atoms with Gasteiger partial charge in [-0.2, -0.15) is 5.26 Å². The van der Waals surface area contributed by atoms with Crippen LogP contribution in [0.2, 0.25) is 0 Å². The number of hydrogen-bond donors (Lipinski definition) is 2. The summed E-state index contributed by atoms with van der Waals surface area (Å²) in [7, 11) is 0. The number of nitrogens with zero attached hydrogens (tertiary/aromatic N) is 1. The van der Waals surface area contributed by atoms with Crippen molar-refractivity contribution in [3.05, 3.63) is 0 Å². The minimum absolute atomic E-state index is 0.140. The Labute approximate surface area is 78.3 Å². The lowest BCUT2D eigenvalue weighted by atomic mass is 10.3. The highest BCUT2D eigenvalue weighted by Crippen LogP contribution is 2.18. The molecule has 13 heavy (non-hydrogen) atoms. The van der Waals surface area contributed by atoms with Crippen molar-refractivity contribution in [2.45, 2.75) is 31.7 Å². The molecule has 72 valence electrons. The summed E-state index contributed by atoms with van der Waals surface area (Å²) in [5, 5.41) is 14.0. The Morgan fingerprint density at radius 1 is 1.54 bits per heavy atom. The summed E-state index contributed by atoms with van der Waals surface area (Å²) in [5.74, 6) is 0.140. The van der Waals surface area contributed by atoms with Crippen LogP contribution in [0.1, 0.15) is 25.7 Å². The van der Waals surface area contributed by atoms with Crippen molar-refractivity contribution in [2.24, 2.45) is 0 Å². The molecule has 0 radical (unpaired) electrons. The topological polar surface area (TPSA) is 64.9 Å². The molecule has 0 bridgehead atoms. The summed E-state index contributed by atoms with van der Waals surface area (Å²) in [6, 6.07) is 2.44. The Hall–Kier alpha value is -1.08. The van der Waals surface area contributed by atoms with Gasteiger partial charge in [-0.05, 0) is 25.8 Å². The fourth-order valence-corrected chi connectivity index (χ4v) is 1.05. The highest BCUT2D eigenvalue weighted by atomic mass is 16.1. The number of carbonyl (C=O) groups is 1. The molecule has 2 N–H and O–H groups in total. The molecular formula is C9H15N3O. The maximum absolute atomic E-state index is 11.1. The van der Waals surface area contributed by atoms with E-state index in [2.05, 4.69) is 10.6 Å². The van der Waals surface area contributed by atoms with Crippen LogP contribution >= 0.6 is 0 Å². The third kappa shape index (κ3) is 5.21. The van der Waals surface area contributed by atoms with E-state index in [9.17, 15) is 4.79 Å². The zero-order valence-electron chi connectivity index (χ0n) is 7.68. The molecule has 0 aromatic heterocycles. The maximum atomic E-state index is 11.1. The number of hydrogen-bond acceptors (Lipinski definition) is 3. The number of rotatable bonds is 6. The van der Waals surface area contributed by atoms with E-state index < -0.39 is 0 Å². The lowest BCUT2D eigenvalue weighted by Gasteiger charge is -2.02. The summed E-state index contributed by atoms with van der Waals surface area (Å²) in [6.07, 6.45) is 3.64. The molecule has 0 spiro atoms. The van der Waals surface area contributed by atoms with Crippen molar-refractivity contribution in [1.29, 1.82) is 5.26 Å². The molecule has 4 heteroatoms. The van der Waals surface area contributed by atoms with Gasteiger partial charge in [-0.3, -0.25) is 4.79 Å². The van der Waals surface area contributed by atoms with Gasteiger partial charge in [0.15, 0.2) is 0 Å². The van der Waals surface area contributed by atoms with Gasteiger partial charge in [0, 0.05) is 12.5 Å². The molecule has 1 fully saturated rings. The van der Waals surface area contributed by atoms with Crippen LogP contribution in [0.4, 0.5) is 0 Å². The number of amides is 1. The average Bonchev–Trinajstić information content (AvgIpc) is 2.88. The Kier molecular flexibility index (Phi) is 4.27. The third-order valence-corrected chi connectivity index (χ3v) is 1.90. The second kappa shape index (κ2) is 5.55. The van der Waals surface area contributed by atoms with E-state index in [-0.39, 0.29) is 5.91 Å². The number of nitrogens with one attached hydrogen (secondary N) is 2. The van der Waals surface area contributed by atoms with Crippen molar-refractivity contribution in [1.82, 2.24) is 10.6 Å². The van der Waals surface area contributed by atoms with Gasteiger partial charge in [0.2, 0.25) is 5.91 Å². The van der Waals surface area contributed by atoms with Gasteiger partial charge in [0.05, 0.1) is 12.6 Å².